The van der Waals surface area contributed by atoms with Crippen molar-refractivity contribution in [3.8, 4) is 10.7 Å². The van der Waals surface area contributed by atoms with Crippen LogP contribution in [0.15, 0.2) is 66.2 Å². The predicted octanol–water partition coefficient (Wildman–Crippen LogP) is 4.92. The van der Waals surface area contributed by atoms with Crippen LogP contribution in [0.25, 0.3) is 21.5 Å². The number of fused-ring (bicyclic) bond motifs is 2. The Morgan fingerprint density at radius 3 is 2.85 bits per heavy atom. The second-order valence-electron chi connectivity index (χ2n) is 6.74. The van der Waals surface area contributed by atoms with Crippen molar-refractivity contribution in [2.75, 3.05) is 6.54 Å². The van der Waals surface area contributed by atoms with Crippen LogP contribution in [0.5, 0.6) is 0 Å². The first-order valence-electron chi connectivity index (χ1n) is 8.94. The van der Waals surface area contributed by atoms with Crippen molar-refractivity contribution in [2.45, 2.75) is 19.5 Å². The minimum atomic E-state index is 0.862. The molecule has 0 saturated carbocycles. The van der Waals surface area contributed by atoms with Crippen LogP contribution in [0.1, 0.15) is 16.8 Å². The van der Waals surface area contributed by atoms with Crippen LogP contribution in [0.2, 0.25) is 0 Å². The third-order valence-electron chi connectivity index (χ3n) is 5.03. The largest absolute Gasteiger partial charge is 0.294 e. The van der Waals surface area contributed by atoms with Gasteiger partial charge >= 0.3 is 0 Å². The van der Waals surface area contributed by atoms with Crippen LogP contribution in [0, 0.1) is 0 Å². The molecule has 128 valence electrons. The molecule has 0 amide bonds. The third kappa shape index (κ3) is 2.91. The molecular formula is C22H19N3S. The molecule has 0 atom stereocenters. The highest BCUT2D eigenvalue weighted by atomic mass is 32.1. The Morgan fingerprint density at radius 1 is 1.00 bits per heavy atom. The zero-order valence-electron chi connectivity index (χ0n) is 14.4. The second-order valence-corrected chi connectivity index (χ2v) is 7.69. The molecule has 1 aliphatic rings. The summed E-state index contributed by atoms with van der Waals surface area (Å²) in [5.41, 5.74) is 3.86. The van der Waals surface area contributed by atoms with E-state index in [4.69, 9.17) is 4.98 Å². The first kappa shape index (κ1) is 15.7. The summed E-state index contributed by atoms with van der Waals surface area (Å²) in [6.45, 7) is 2.92. The van der Waals surface area contributed by atoms with Gasteiger partial charge in [-0.2, -0.15) is 0 Å². The van der Waals surface area contributed by atoms with Crippen molar-refractivity contribution in [1.82, 2.24) is 14.9 Å². The number of nitrogens with zero attached hydrogens (tertiary/aromatic N) is 3. The first-order valence-corrected chi connectivity index (χ1v) is 9.82. The van der Waals surface area contributed by atoms with E-state index < -0.39 is 0 Å². The Kier molecular flexibility index (Phi) is 4.00. The molecule has 3 heterocycles. The Bertz CT molecular complexity index is 1050. The van der Waals surface area contributed by atoms with E-state index in [9.17, 15) is 0 Å². The molecule has 0 bridgehead atoms. The molecular weight excluding hydrogens is 338 g/mol. The van der Waals surface area contributed by atoms with Gasteiger partial charge in [0.15, 0.2) is 5.82 Å². The molecule has 1 aliphatic heterocycles. The molecule has 5 rings (SSSR count). The summed E-state index contributed by atoms with van der Waals surface area (Å²) in [6, 6.07) is 19.4. The minimum Gasteiger partial charge on any atom is -0.294 e. The number of hydrogen-bond acceptors (Lipinski definition) is 4. The van der Waals surface area contributed by atoms with Crippen LogP contribution in [-0.2, 0) is 19.5 Å². The Balaban J connectivity index is 1.39. The lowest BCUT2D eigenvalue weighted by molar-refractivity contribution is 0.244. The zero-order chi connectivity index (χ0) is 17.3. The zero-order valence-corrected chi connectivity index (χ0v) is 15.2. The smallest absolute Gasteiger partial charge is 0.169 e. The van der Waals surface area contributed by atoms with Gasteiger partial charge in [-0.1, -0.05) is 48.5 Å². The van der Waals surface area contributed by atoms with Crippen LogP contribution in [-0.4, -0.2) is 21.4 Å². The van der Waals surface area contributed by atoms with Gasteiger partial charge in [-0.05, 0) is 27.8 Å². The molecule has 0 spiro atoms. The van der Waals surface area contributed by atoms with Crippen molar-refractivity contribution < 1.29 is 0 Å². The molecule has 4 heteroatoms. The minimum absolute atomic E-state index is 0.862. The summed E-state index contributed by atoms with van der Waals surface area (Å²) in [6.07, 6.45) is 3.01. The monoisotopic (exact) mass is 357 g/mol. The molecule has 0 N–H and O–H groups in total. The molecule has 0 aliphatic carbocycles. The molecule has 3 nitrogen and oxygen atoms in total. The lowest BCUT2D eigenvalue weighted by Crippen LogP contribution is -2.31. The normalized spacial score (nSPS) is 14.5. The van der Waals surface area contributed by atoms with Gasteiger partial charge in [-0.25, -0.2) is 9.97 Å². The maximum absolute atomic E-state index is 4.82. The van der Waals surface area contributed by atoms with Gasteiger partial charge in [-0.15, -0.1) is 11.3 Å². The topological polar surface area (TPSA) is 29.0 Å². The highest BCUT2D eigenvalue weighted by Gasteiger charge is 2.19. The second kappa shape index (κ2) is 6.63. The van der Waals surface area contributed by atoms with E-state index in [1.165, 1.54) is 27.6 Å². The van der Waals surface area contributed by atoms with Gasteiger partial charge in [0.2, 0.25) is 0 Å². The van der Waals surface area contributed by atoms with Gasteiger partial charge in [0.1, 0.15) is 0 Å². The summed E-state index contributed by atoms with van der Waals surface area (Å²) >= 11 is 1.69. The Morgan fingerprint density at radius 2 is 1.92 bits per heavy atom. The van der Waals surface area contributed by atoms with E-state index in [0.29, 0.717) is 0 Å². The summed E-state index contributed by atoms with van der Waals surface area (Å²) in [4.78, 5) is 13.1. The molecule has 0 unspecified atom stereocenters. The SMILES string of the molecule is c1csc(-c2ncc3c(n2)CCN(Cc2cccc4ccccc24)C3)c1. The number of benzene rings is 2. The van der Waals surface area contributed by atoms with Crippen molar-refractivity contribution in [3.05, 3.63) is 83.0 Å². The van der Waals surface area contributed by atoms with Gasteiger partial charge in [0.05, 0.1) is 10.6 Å². The fraction of sp³-hybridized carbons (Fsp3) is 0.182. The lowest BCUT2D eigenvalue weighted by atomic mass is 10.0. The van der Waals surface area contributed by atoms with E-state index >= 15 is 0 Å². The molecule has 26 heavy (non-hydrogen) atoms. The molecule has 4 aromatic rings. The molecule has 2 aromatic carbocycles. The fourth-order valence-electron chi connectivity index (χ4n) is 3.71. The maximum Gasteiger partial charge on any atom is 0.169 e. The quantitative estimate of drug-likeness (QED) is 0.521. The van der Waals surface area contributed by atoms with Crippen molar-refractivity contribution in [1.29, 1.82) is 0 Å². The van der Waals surface area contributed by atoms with Crippen LogP contribution in [0.4, 0.5) is 0 Å². The van der Waals surface area contributed by atoms with Crippen LogP contribution >= 0.6 is 11.3 Å². The van der Waals surface area contributed by atoms with E-state index in [1.54, 1.807) is 11.3 Å². The molecule has 0 radical (unpaired) electrons. The van der Waals surface area contributed by atoms with E-state index in [-0.39, 0.29) is 0 Å². The number of aromatic nitrogens is 2. The highest BCUT2D eigenvalue weighted by molar-refractivity contribution is 7.13. The van der Waals surface area contributed by atoms with E-state index in [2.05, 4.69) is 69.9 Å². The van der Waals surface area contributed by atoms with Crippen molar-refractivity contribution in [3.63, 3.8) is 0 Å². The maximum atomic E-state index is 4.82. The summed E-state index contributed by atoms with van der Waals surface area (Å²) < 4.78 is 0. The molecule has 0 fully saturated rings. The summed E-state index contributed by atoms with van der Waals surface area (Å²) in [5, 5.41) is 4.74. The number of rotatable bonds is 3. The Hall–Kier alpha value is -2.56. The first-order chi connectivity index (χ1) is 12.9. The highest BCUT2D eigenvalue weighted by Crippen LogP contribution is 2.26. The van der Waals surface area contributed by atoms with Gasteiger partial charge < -0.3 is 0 Å². The van der Waals surface area contributed by atoms with Crippen LogP contribution in [0.3, 0.4) is 0 Å². The fourth-order valence-corrected chi connectivity index (χ4v) is 4.37. The van der Waals surface area contributed by atoms with Crippen molar-refractivity contribution in [2.24, 2.45) is 0 Å². The van der Waals surface area contributed by atoms with E-state index in [1.807, 2.05) is 6.20 Å². The molecule has 2 aromatic heterocycles. The average Bonchev–Trinajstić information content (AvgIpc) is 3.23. The average molecular weight is 357 g/mol. The summed E-state index contributed by atoms with van der Waals surface area (Å²) in [7, 11) is 0. The van der Waals surface area contributed by atoms with Gasteiger partial charge in [-0.3, -0.25) is 4.90 Å². The molecule has 0 saturated heterocycles. The number of hydrogen-bond donors (Lipinski definition) is 0. The number of thiophene rings is 1. The van der Waals surface area contributed by atoms with Crippen LogP contribution < -0.4 is 0 Å². The lowest BCUT2D eigenvalue weighted by Gasteiger charge is -2.28. The van der Waals surface area contributed by atoms with Gasteiger partial charge in [0.25, 0.3) is 0 Å². The standard InChI is InChI=1S/C22H19N3S/c1-2-8-19-16(5-1)6-3-7-17(19)14-25-11-10-20-18(15-25)13-23-22(24-20)21-9-4-12-26-21/h1-9,12-13H,10-11,14-15H2. The Labute approximate surface area is 157 Å². The predicted molar refractivity (Wildman–Crippen MR) is 107 cm³/mol. The van der Waals surface area contributed by atoms with E-state index in [0.717, 1.165) is 36.8 Å². The van der Waals surface area contributed by atoms with Gasteiger partial charge in [0, 0.05) is 37.8 Å². The third-order valence-corrected chi connectivity index (χ3v) is 5.89. The summed E-state index contributed by atoms with van der Waals surface area (Å²) in [5.74, 6) is 0.862. The van der Waals surface area contributed by atoms with Crippen molar-refractivity contribution >= 4 is 22.1 Å².